The van der Waals surface area contributed by atoms with E-state index in [2.05, 4.69) is 0 Å². The standard InChI is InChI=1S/C13H16ClNO3/c14-11-3-1-2-4-12(11)18-9-13(17)15-7-5-10(16)6-8-15/h1-4,10,16H,5-9H2. The van der Waals surface area contributed by atoms with Crippen LogP contribution in [0.25, 0.3) is 0 Å². The van der Waals surface area contributed by atoms with Gasteiger partial charge in [-0.3, -0.25) is 4.79 Å². The molecule has 1 heterocycles. The second-order valence-electron chi connectivity index (χ2n) is 4.33. The number of piperidine rings is 1. The fourth-order valence-corrected chi connectivity index (χ4v) is 2.10. The van der Waals surface area contributed by atoms with Gasteiger partial charge in [0.2, 0.25) is 0 Å². The van der Waals surface area contributed by atoms with Gasteiger partial charge in [-0.2, -0.15) is 0 Å². The van der Waals surface area contributed by atoms with E-state index in [0.29, 0.717) is 36.7 Å². The zero-order valence-electron chi connectivity index (χ0n) is 10.0. The van der Waals surface area contributed by atoms with Gasteiger partial charge in [0.1, 0.15) is 5.75 Å². The quantitative estimate of drug-likeness (QED) is 0.909. The minimum Gasteiger partial charge on any atom is -0.482 e. The van der Waals surface area contributed by atoms with Crippen molar-refractivity contribution in [1.29, 1.82) is 0 Å². The van der Waals surface area contributed by atoms with Crippen molar-refractivity contribution in [2.24, 2.45) is 0 Å². The molecule has 5 heteroatoms. The number of likely N-dealkylation sites (tertiary alicyclic amines) is 1. The maximum absolute atomic E-state index is 11.9. The molecule has 0 unspecified atom stereocenters. The highest BCUT2D eigenvalue weighted by molar-refractivity contribution is 6.32. The number of halogens is 1. The SMILES string of the molecule is O=C(COc1ccccc1Cl)N1CCC(O)CC1. The number of carbonyl (C=O) groups is 1. The minimum atomic E-state index is -0.279. The Morgan fingerprint density at radius 3 is 2.72 bits per heavy atom. The Labute approximate surface area is 111 Å². The van der Waals surface area contributed by atoms with E-state index in [9.17, 15) is 9.90 Å². The summed E-state index contributed by atoms with van der Waals surface area (Å²) in [6.45, 7) is 1.16. The maximum atomic E-state index is 11.9. The number of aliphatic hydroxyl groups is 1. The lowest BCUT2D eigenvalue weighted by Gasteiger charge is -2.29. The predicted octanol–water partition coefficient (Wildman–Crippen LogP) is 1.70. The van der Waals surface area contributed by atoms with Crippen molar-refractivity contribution in [3.63, 3.8) is 0 Å². The van der Waals surface area contributed by atoms with Crippen LogP contribution in [-0.4, -0.2) is 41.7 Å². The van der Waals surface area contributed by atoms with Gasteiger partial charge < -0.3 is 14.7 Å². The van der Waals surface area contributed by atoms with Gasteiger partial charge in [0.25, 0.3) is 5.91 Å². The van der Waals surface area contributed by atoms with Crippen molar-refractivity contribution < 1.29 is 14.6 Å². The first kappa shape index (κ1) is 13.2. The Morgan fingerprint density at radius 1 is 1.39 bits per heavy atom. The fraction of sp³-hybridized carbons (Fsp3) is 0.462. The highest BCUT2D eigenvalue weighted by atomic mass is 35.5. The van der Waals surface area contributed by atoms with Gasteiger partial charge in [-0.25, -0.2) is 0 Å². The largest absolute Gasteiger partial charge is 0.482 e. The smallest absolute Gasteiger partial charge is 0.260 e. The van der Waals surface area contributed by atoms with Crippen LogP contribution in [0.5, 0.6) is 5.75 Å². The number of benzene rings is 1. The number of hydrogen-bond acceptors (Lipinski definition) is 3. The first-order chi connectivity index (χ1) is 8.66. The minimum absolute atomic E-state index is 0.0141. The van der Waals surface area contributed by atoms with Crippen LogP contribution in [-0.2, 0) is 4.79 Å². The normalized spacial score (nSPS) is 16.7. The number of carbonyl (C=O) groups excluding carboxylic acids is 1. The van der Waals surface area contributed by atoms with Crippen molar-refractivity contribution in [2.75, 3.05) is 19.7 Å². The van der Waals surface area contributed by atoms with E-state index in [0.717, 1.165) is 0 Å². The third kappa shape index (κ3) is 3.37. The lowest BCUT2D eigenvalue weighted by molar-refractivity contribution is -0.135. The van der Waals surface area contributed by atoms with Crippen LogP contribution in [0.2, 0.25) is 5.02 Å². The number of amides is 1. The molecule has 0 atom stereocenters. The molecular formula is C13H16ClNO3. The van der Waals surface area contributed by atoms with Crippen LogP contribution in [0.3, 0.4) is 0 Å². The van der Waals surface area contributed by atoms with Crippen LogP contribution in [0.15, 0.2) is 24.3 Å². The molecule has 1 aromatic carbocycles. The first-order valence-corrected chi connectivity index (χ1v) is 6.38. The Kier molecular flexibility index (Phi) is 4.44. The third-order valence-corrected chi connectivity index (χ3v) is 3.32. The molecule has 1 aromatic rings. The van der Waals surface area contributed by atoms with E-state index >= 15 is 0 Å². The molecule has 0 saturated carbocycles. The highest BCUT2D eigenvalue weighted by Gasteiger charge is 2.21. The lowest BCUT2D eigenvalue weighted by Crippen LogP contribution is -2.42. The van der Waals surface area contributed by atoms with E-state index < -0.39 is 0 Å². The molecule has 18 heavy (non-hydrogen) atoms. The molecule has 1 amide bonds. The summed E-state index contributed by atoms with van der Waals surface area (Å²) in [5.41, 5.74) is 0. The van der Waals surface area contributed by atoms with Gasteiger partial charge >= 0.3 is 0 Å². The van der Waals surface area contributed by atoms with Crippen LogP contribution in [0.1, 0.15) is 12.8 Å². The summed E-state index contributed by atoms with van der Waals surface area (Å²) in [5.74, 6) is 0.450. The summed E-state index contributed by atoms with van der Waals surface area (Å²) in [6, 6.07) is 7.07. The van der Waals surface area contributed by atoms with Crippen molar-refractivity contribution in [3.8, 4) is 5.75 Å². The van der Waals surface area contributed by atoms with E-state index in [1.807, 2.05) is 12.1 Å². The molecule has 98 valence electrons. The highest BCUT2D eigenvalue weighted by Crippen LogP contribution is 2.23. The Morgan fingerprint density at radius 2 is 2.06 bits per heavy atom. The second kappa shape index (κ2) is 6.07. The van der Waals surface area contributed by atoms with Crippen molar-refractivity contribution in [3.05, 3.63) is 29.3 Å². The lowest BCUT2D eigenvalue weighted by atomic mass is 10.1. The topological polar surface area (TPSA) is 49.8 Å². The van der Waals surface area contributed by atoms with E-state index in [1.54, 1.807) is 17.0 Å². The summed E-state index contributed by atoms with van der Waals surface area (Å²) in [7, 11) is 0. The van der Waals surface area contributed by atoms with Crippen LogP contribution in [0, 0.1) is 0 Å². The molecule has 0 aromatic heterocycles. The summed E-state index contributed by atoms with van der Waals surface area (Å²) in [4.78, 5) is 13.6. The molecule has 4 nitrogen and oxygen atoms in total. The molecule has 1 N–H and O–H groups in total. The number of hydrogen-bond donors (Lipinski definition) is 1. The summed E-state index contributed by atoms with van der Waals surface area (Å²) in [6.07, 6.45) is 0.994. The summed E-state index contributed by atoms with van der Waals surface area (Å²) in [5, 5.41) is 9.87. The molecule has 0 bridgehead atoms. The maximum Gasteiger partial charge on any atom is 0.260 e. The molecule has 1 aliphatic heterocycles. The van der Waals surface area contributed by atoms with Gasteiger partial charge in [-0.05, 0) is 25.0 Å². The van der Waals surface area contributed by atoms with Gasteiger partial charge in [-0.15, -0.1) is 0 Å². The Balaban J connectivity index is 1.83. The Bertz CT molecular complexity index is 416. The van der Waals surface area contributed by atoms with Gasteiger partial charge in [0, 0.05) is 13.1 Å². The van der Waals surface area contributed by atoms with Crippen LogP contribution >= 0.6 is 11.6 Å². The molecule has 0 aliphatic carbocycles. The van der Waals surface area contributed by atoms with E-state index in [-0.39, 0.29) is 18.6 Å². The second-order valence-corrected chi connectivity index (χ2v) is 4.74. The predicted molar refractivity (Wildman–Crippen MR) is 68.8 cm³/mol. The molecule has 1 saturated heterocycles. The number of ether oxygens (including phenoxy) is 1. The Hall–Kier alpha value is -1.26. The van der Waals surface area contributed by atoms with E-state index in [1.165, 1.54) is 0 Å². The number of aliphatic hydroxyl groups excluding tert-OH is 1. The van der Waals surface area contributed by atoms with Gasteiger partial charge in [0.05, 0.1) is 11.1 Å². The van der Waals surface area contributed by atoms with Crippen LogP contribution in [0.4, 0.5) is 0 Å². The third-order valence-electron chi connectivity index (χ3n) is 3.00. The van der Waals surface area contributed by atoms with Gasteiger partial charge in [0.15, 0.2) is 6.61 Å². The molecule has 0 radical (unpaired) electrons. The first-order valence-electron chi connectivity index (χ1n) is 6.00. The average Bonchev–Trinajstić information content (AvgIpc) is 2.38. The average molecular weight is 270 g/mol. The van der Waals surface area contributed by atoms with Crippen molar-refractivity contribution in [2.45, 2.75) is 18.9 Å². The molecule has 0 spiro atoms. The monoisotopic (exact) mass is 269 g/mol. The van der Waals surface area contributed by atoms with E-state index in [4.69, 9.17) is 16.3 Å². The zero-order chi connectivity index (χ0) is 13.0. The fourth-order valence-electron chi connectivity index (χ4n) is 1.91. The summed E-state index contributed by atoms with van der Waals surface area (Å²) >= 11 is 5.93. The van der Waals surface area contributed by atoms with Crippen molar-refractivity contribution >= 4 is 17.5 Å². The molecule has 1 fully saturated rings. The van der Waals surface area contributed by atoms with Gasteiger partial charge in [-0.1, -0.05) is 23.7 Å². The van der Waals surface area contributed by atoms with Crippen LogP contribution < -0.4 is 4.74 Å². The zero-order valence-corrected chi connectivity index (χ0v) is 10.8. The molecule has 1 aliphatic rings. The number of nitrogens with zero attached hydrogens (tertiary/aromatic N) is 1. The summed E-state index contributed by atoms with van der Waals surface area (Å²) < 4.78 is 5.39. The number of rotatable bonds is 3. The molecule has 2 rings (SSSR count). The molecular weight excluding hydrogens is 254 g/mol. The van der Waals surface area contributed by atoms with Crippen molar-refractivity contribution in [1.82, 2.24) is 4.90 Å². The number of para-hydroxylation sites is 1.